The number of rotatable bonds is 3. The Balaban J connectivity index is 2.68. The maximum absolute atomic E-state index is 14.3. The summed E-state index contributed by atoms with van der Waals surface area (Å²) in [5.41, 5.74) is -1.79. The van der Waals surface area contributed by atoms with E-state index in [0.717, 1.165) is 20.3 Å². The zero-order valence-electron chi connectivity index (χ0n) is 13.6. The molecule has 4 atom stereocenters. The molecule has 0 amide bonds. The Kier molecular flexibility index (Phi) is 5.03. The van der Waals surface area contributed by atoms with Crippen molar-refractivity contribution in [2.75, 3.05) is 14.2 Å². The summed E-state index contributed by atoms with van der Waals surface area (Å²) in [6.07, 6.45) is -0.433. The molecule has 1 aromatic carbocycles. The van der Waals surface area contributed by atoms with Crippen molar-refractivity contribution in [1.82, 2.24) is 0 Å². The molecule has 1 aliphatic carbocycles. The van der Waals surface area contributed by atoms with Crippen LogP contribution in [0.25, 0.3) is 0 Å². The summed E-state index contributed by atoms with van der Waals surface area (Å²) >= 11 is 0. The van der Waals surface area contributed by atoms with Crippen molar-refractivity contribution in [3.05, 3.63) is 35.6 Å². The summed E-state index contributed by atoms with van der Waals surface area (Å²) in [4.78, 5) is 36.8. The summed E-state index contributed by atoms with van der Waals surface area (Å²) < 4.78 is 23.7. The van der Waals surface area contributed by atoms with Crippen LogP contribution >= 0.6 is 0 Å². The van der Waals surface area contributed by atoms with E-state index in [0.29, 0.717) is 0 Å². The van der Waals surface area contributed by atoms with Gasteiger partial charge < -0.3 is 14.6 Å². The molecule has 0 radical (unpaired) electrons. The number of methoxy groups -OCH3 is 2. The highest BCUT2D eigenvalue weighted by Gasteiger charge is 2.57. The monoisotopic (exact) mass is 338 g/mol. The molecule has 1 aliphatic rings. The minimum atomic E-state index is -1.78. The molecule has 130 valence electrons. The SMILES string of the molecule is COC(=O)[C@@H]1C(=O)C[C@](C)(O)[C@@H](C(=O)OC)[C@@H]1c1ccccc1F. The number of ketones is 1. The zero-order chi connectivity index (χ0) is 18.1. The van der Waals surface area contributed by atoms with Gasteiger partial charge in [0.25, 0.3) is 0 Å². The molecule has 1 fully saturated rings. The molecule has 0 heterocycles. The van der Waals surface area contributed by atoms with Crippen LogP contribution in [0, 0.1) is 17.7 Å². The van der Waals surface area contributed by atoms with Gasteiger partial charge in [-0.25, -0.2) is 4.39 Å². The quantitative estimate of drug-likeness (QED) is 0.658. The number of halogens is 1. The molecule has 1 N–H and O–H groups in total. The number of Topliss-reactive ketones (excluding diaryl/α,β-unsaturated/α-hetero) is 1. The van der Waals surface area contributed by atoms with Gasteiger partial charge in [-0.1, -0.05) is 18.2 Å². The van der Waals surface area contributed by atoms with Gasteiger partial charge in [-0.15, -0.1) is 0 Å². The average molecular weight is 338 g/mol. The molecule has 24 heavy (non-hydrogen) atoms. The lowest BCUT2D eigenvalue weighted by atomic mass is 9.61. The van der Waals surface area contributed by atoms with E-state index < -0.39 is 53.3 Å². The second-order valence-corrected chi connectivity index (χ2v) is 6.05. The average Bonchev–Trinajstić information content (AvgIpc) is 2.52. The summed E-state index contributed by atoms with van der Waals surface area (Å²) in [5.74, 6) is -6.90. The van der Waals surface area contributed by atoms with Crippen molar-refractivity contribution in [3.63, 3.8) is 0 Å². The largest absolute Gasteiger partial charge is 0.469 e. The molecule has 7 heteroatoms. The first-order valence-corrected chi connectivity index (χ1v) is 7.39. The van der Waals surface area contributed by atoms with Crippen molar-refractivity contribution >= 4 is 17.7 Å². The molecule has 0 bridgehead atoms. The smallest absolute Gasteiger partial charge is 0.316 e. The molecule has 0 saturated heterocycles. The van der Waals surface area contributed by atoms with E-state index >= 15 is 0 Å². The zero-order valence-corrected chi connectivity index (χ0v) is 13.6. The van der Waals surface area contributed by atoms with Gasteiger partial charge in [-0.05, 0) is 18.6 Å². The third kappa shape index (κ3) is 3.03. The van der Waals surface area contributed by atoms with Crippen LogP contribution in [0.15, 0.2) is 24.3 Å². The standard InChI is InChI=1S/C17H19FO6/c1-17(22)8-11(19)13(15(20)23-2)12(14(17)16(21)24-3)9-6-4-5-7-10(9)18/h4-7,12-14,22H,8H2,1-3H3/t12-,13-,14-,17+/m1/s1. The Morgan fingerprint density at radius 2 is 1.79 bits per heavy atom. The summed E-state index contributed by atoms with van der Waals surface area (Å²) in [6.45, 7) is 1.30. The first-order valence-electron chi connectivity index (χ1n) is 7.39. The Morgan fingerprint density at radius 1 is 1.21 bits per heavy atom. The van der Waals surface area contributed by atoms with Gasteiger partial charge in [-0.3, -0.25) is 14.4 Å². The topological polar surface area (TPSA) is 89.9 Å². The predicted molar refractivity (Wildman–Crippen MR) is 80.4 cm³/mol. The Morgan fingerprint density at radius 3 is 2.33 bits per heavy atom. The molecular weight excluding hydrogens is 319 g/mol. The van der Waals surface area contributed by atoms with E-state index in [1.165, 1.54) is 25.1 Å². The van der Waals surface area contributed by atoms with Gasteiger partial charge in [0.1, 0.15) is 11.7 Å². The Bertz CT molecular complexity index is 669. The van der Waals surface area contributed by atoms with Gasteiger partial charge in [0.2, 0.25) is 0 Å². The third-order valence-electron chi connectivity index (χ3n) is 4.44. The number of esters is 2. The predicted octanol–water partition coefficient (Wildman–Crippen LogP) is 1.21. The van der Waals surface area contributed by atoms with Crippen LogP contribution in [0.2, 0.25) is 0 Å². The fourth-order valence-corrected chi connectivity index (χ4v) is 3.39. The van der Waals surface area contributed by atoms with Crippen LogP contribution in [0.1, 0.15) is 24.8 Å². The van der Waals surface area contributed by atoms with E-state index in [1.54, 1.807) is 0 Å². The molecule has 0 unspecified atom stereocenters. The fraction of sp³-hybridized carbons (Fsp3) is 0.471. The normalized spacial score (nSPS) is 29.9. The van der Waals surface area contributed by atoms with Crippen LogP contribution in [0.3, 0.4) is 0 Å². The lowest BCUT2D eigenvalue weighted by molar-refractivity contribution is -0.170. The molecule has 1 saturated carbocycles. The summed E-state index contributed by atoms with van der Waals surface area (Å²) in [6, 6.07) is 5.50. The van der Waals surface area contributed by atoms with Crippen molar-refractivity contribution in [1.29, 1.82) is 0 Å². The maximum Gasteiger partial charge on any atom is 0.316 e. The van der Waals surface area contributed by atoms with Gasteiger partial charge in [0.15, 0.2) is 5.78 Å². The second-order valence-electron chi connectivity index (χ2n) is 6.05. The minimum Gasteiger partial charge on any atom is -0.469 e. The minimum absolute atomic E-state index is 0.0170. The molecule has 0 aliphatic heterocycles. The number of carbonyl (C=O) groups is 3. The number of aliphatic hydroxyl groups is 1. The number of hydrogen-bond acceptors (Lipinski definition) is 6. The van der Waals surface area contributed by atoms with E-state index in [-0.39, 0.29) is 5.56 Å². The summed E-state index contributed by atoms with van der Waals surface area (Å²) in [5, 5.41) is 10.6. The lowest BCUT2D eigenvalue weighted by Gasteiger charge is -2.43. The summed E-state index contributed by atoms with van der Waals surface area (Å²) in [7, 11) is 2.23. The number of benzene rings is 1. The van der Waals surface area contributed by atoms with Crippen molar-refractivity contribution < 1.29 is 33.4 Å². The lowest BCUT2D eigenvalue weighted by Crippen LogP contribution is -2.55. The maximum atomic E-state index is 14.3. The molecule has 2 rings (SSSR count). The first kappa shape index (κ1) is 18.1. The van der Waals surface area contributed by atoms with Gasteiger partial charge in [-0.2, -0.15) is 0 Å². The van der Waals surface area contributed by atoms with E-state index in [1.807, 2.05) is 0 Å². The number of hydrogen-bond donors (Lipinski definition) is 1. The van der Waals surface area contributed by atoms with E-state index in [2.05, 4.69) is 4.74 Å². The van der Waals surface area contributed by atoms with Gasteiger partial charge in [0, 0.05) is 12.3 Å². The Labute approximate surface area is 138 Å². The van der Waals surface area contributed by atoms with E-state index in [9.17, 15) is 23.9 Å². The Hall–Kier alpha value is -2.28. The van der Waals surface area contributed by atoms with Gasteiger partial charge in [0.05, 0.1) is 25.7 Å². The van der Waals surface area contributed by atoms with Crippen LogP contribution in [0.4, 0.5) is 4.39 Å². The van der Waals surface area contributed by atoms with Crippen molar-refractivity contribution in [3.8, 4) is 0 Å². The van der Waals surface area contributed by atoms with Gasteiger partial charge >= 0.3 is 11.9 Å². The molecule has 1 aromatic rings. The number of ether oxygens (including phenoxy) is 2. The number of carbonyl (C=O) groups excluding carboxylic acids is 3. The van der Waals surface area contributed by atoms with Crippen LogP contribution in [-0.2, 0) is 23.9 Å². The highest BCUT2D eigenvalue weighted by atomic mass is 19.1. The highest BCUT2D eigenvalue weighted by molar-refractivity contribution is 6.02. The third-order valence-corrected chi connectivity index (χ3v) is 4.44. The van der Waals surface area contributed by atoms with Crippen LogP contribution in [0.5, 0.6) is 0 Å². The first-order chi connectivity index (χ1) is 11.2. The molecule has 6 nitrogen and oxygen atoms in total. The van der Waals surface area contributed by atoms with E-state index in [4.69, 9.17) is 4.74 Å². The van der Waals surface area contributed by atoms with Crippen LogP contribution < -0.4 is 0 Å². The second kappa shape index (κ2) is 6.68. The highest BCUT2D eigenvalue weighted by Crippen LogP contribution is 2.47. The molecule has 0 spiro atoms. The van der Waals surface area contributed by atoms with Crippen molar-refractivity contribution in [2.45, 2.75) is 24.9 Å². The van der Waals surface area contributed by atoms with Crippen molar-refractivity contribution in [2.24, 2.45) is 11.8 Å². The fourth-order valence-electron chi connectivity index (χ4n) is 3.39. The molecular formula is C17H19FO6. The molecule has 0 aromatic heterocycles. The van der Waals surface area contributed by atoms with Crippen LogP contribution in [-0.4, -0.2) is 42.6 Å².